The average molecular weight is 515 g/mol. The van der Waals surface area contributed by atoms with E-state index in [1.54, 1.807) is 14.2 Å². The summed E-state index contributed by atoms with van der Waals surface area (Å²) in [5.74, 6) is 2.77. The van der Waals surface area contributed by atoms with Gasteiger partial charge in [0.15, 0.2) is 5.96 Å². The maximum Gasteiger partial charge on any atom is 0.193 e. The third-order valence-corrected chi connectivity index (χ3v) is 4.39. The molecule has 0 fully saturated rings. The highest BCUT2D eigenvalue weighted by Gasteiger charge is 2.15. The van der Waals surface area contributed by atoms with Gasteiger partial charge in [0.05, 0.1) is 19.3 Å². The van der Waals surface area contributed by atoms with E-state index in [-0.39, 0.29) is 30.1 Å². The van der Waals surface area contributed by atoms with Gasteiger partial charge in [-0.2, -0.15) is 5.10 Å². The number of hydrogen-bond donors (Lipinski definition) is 1. The SMILES string of the molecule is CN=C(NCC(C)Oc1cccc(OC)c1)N(C)Cc1cn(C)nc1C(C)C.I. The van der Waals surface area contributed by atoms with Crippen molar-refractivity contribution in [2.45, 2.75) is 39.3 Å². The first kappa shape index (κ1) is 25.1. The molecule has 0 aliphatic carbocycles. The molecule has 0 spiro atoms. The van der Waals surface area contributed by atoms with Crippen molar-refractivity contribution in [3.63, 3.8) is 0 Å². The zero-order chi connectivity index (χ0) is 20.7. The van der Waals surface area contributed by atoms with E-state index in [2.05, 4.69) is 40.4 Å². The molecule has 0 saturated carbocycles. The summed E-state index contributed by atoms with van der Waals surface area (Å²) in [6, 6.07) is 7.63. The minimum atomic E-state index is -0.0260. The molecule has 1 heterocycles. The summed E-state index contributed by atoms with van der Waals surface area (Å²) >= 11 is 0. The Hall–Kier alpha value is -1.97. The lowest BCUT2D eigenvalue weighted by Gasteiger charge is -2.24. The Kier molecular flexibility index (Phi) is 10.3. The molecule has 0 saturated heterocycles. The first-order valence-corrected chi connectivity index (χ1v) is 9.59. The van der Waals surface area contributed by atoms with Crippen molar-refractivity contribution >= 4 is 29.9 Å². The molecule has 1 unspecified atom stereocenters. The number of aromatic nitrogens is 2. The van der Waals surface area contributed by atoms with E-state index in [4.69, 9.17) is 9.47 Å². The minimum absolute atomic E-state index is 0. The average Bonchev–Trinajstić information content (AvgIpc) is 3.02. The van der Waals surface area contributed by atoms with Gasteiger partial charge in [-0.15, -0.1) is 24.0 Å². The largest absolute Gasteiger partial charge is 0.497 e. The lowest BCUT2D eigenvalue weighted by Crippen LogP contribution is -2.42. The van der Waals surface area contributed by atoms with Crippen LogP contribution in [0, 0.1) is 0 Å². The molecule has 0 aliphatic heterocycles. The van der Waals surface area contributed by atoms with E-state index < -0.39 is 0 Å². The number of nitrogens with one attached hydrogen (secondary N) is 1. The maximum absolute atomic E-state index is 5.97. The first-order chi connectivity index (χ1) is 13.3. The number of methoxy groups -OCH3 is 1. The van der Waals surface area contributed by atoms with Gasteiger partial charge < -0.3 is 19.7 Å². The van der Waals surface area contributed by atoms with Crippen LogP contribution >= 0.6 is 24.0 Å². The molecule has 0 bridgehead atoms. The van der Waals surface area contributed by atoms with Crippen molar-refractivity contribution in [2.24, 2.45) is 12.0 Å². The summed E-state index contributed by atoms with van der Waals surface area (Å²) in [5.41, 5.74) is 2.34. The number of hydrogen-bond acceptors (Lipinski definition) is 4. The third kappa shape index (κ3) is 7.41. The Balaban J connectivity index is 0.00000420. The summed E-state index contributed by atoms with van der Waals surface area (Å²) in [6.07, 6.45) is 2.05. The molecule has 1 N–H and O–H groups in total. The fourth-order valence-corrected chi connectivity index (χ4v) is 3.06. The van der Waals surface area contributed by atoms with Crippen molar-refractivity contribution < 1.29 is 9.47 Å². The molecule has 8 heteroatoms. The maximum atomic E-state index is 5.97. The predicted octanol–water partition coefficient (Wildman–Crippen LogP) is 3.64. The zero-order valence-corrected chi connectivity index (χ0v) is 20.8. The second kappa shape index (κ2) is 11.9. The van der Waals surface area contributed by atoms with Crippen LogP contribution in [0.15, 0.2) is 35.5 Å². The fourth-order valence-electron chi connectivity index (χ4n) is 3.06. The van der Waals surface area contributed by atoms with Crippen molar-refractivity contribution in [1.82, 2.24) is 20.0 Å². The molecular weight excluding hydrogens is 481 g/mol. The molecule has 0 radical (unpaired) electrons. The molecule has 0 aliphatic rings. The van der Waals surface area contributed by atoms with Crippen LogP contribution in [0.25, 0.3) is 0 Å². The van der Waals surface area contributed by atoms with Crippen LogP contribution in [0.4, 0.5) is 0 Å². The van der Waals surface area contributed by atoms with E-state index in [0.717, 1.165) is 29.7 Å². The van der Waals surface area contributed by atoms with Gasteiger partial charge in [-0.1, -0.05) is 19.9 Å². The number of aliphatic imine (C=N–C) groups is 1. The number of rotatable bonds is 8. The lowest BCUT2D eigenvalue weighted by molar-refractivity contribution is 0.221. The van der Waals surface area contributed by atoms with Crippen LogP contribution in [-0.4, -0.2) is 54.5 Å². The molecule has 1 aromatic heterocycles. The van der Waals surface area contributed by atoms with Crippen molar-refractivity contribution in [3.05, 3.63) is 41.7 Å². The van der Waals surface area contributed by atoms with Crippen LogP contribution in [0.2, 0.25) is 0 Å². The van der Waals surface area contributed by atoms with Crippen LogP contribution in [-0.2, 0) is 13.6 Å². The van der Waals surface area contributed by atoms with E-state index in [1.807, 2.05) is 50.0 Å². The highest BCUT2D eigenvalue weighted by Crippen LogP contribution is 2.20. The Morgan fingerprint density at radius 2 is 1.97 bits per heavy atom. The van der Waals surface area contributed by atoms with Gasteiger partial charge in [0.2, 0.25) is 0 Å². The molecule has 7 nitrogen and oxygen atoms in total. The van der Waals surface area contributed by atoms with Gasteiger partial charge in [0, 0.05) is 45.5 Å². The van der Waals surface area contributed by atoms with Crippen LogP contribution in [0.3, 0.4) is 0 Å². The molecule has 1 aromatic carbocycles. The van der Waals surface area contributed by atoms with Gasteiger partial charge in [0.25, 0.3) is 0 Å². The molecule has 2 aromatic rings. The Labute approximate surface area is 191 Å². The van der Waals surface area contributed by atoms with Crippen LogP contribution in [0.1, 0.15) is 37.9 Å². The molecule has 29 heavy (non-hydrogen) atoms. The van der Waals surface area contributed by atoms with Crippen LogP contribution < -0.4 is 14.8 Å². The van der Waals surface area contributed by atoms with Crippen molar-refractivity contribution in [1.29, 1.82) is 0 Å². The van der Waals surface area contributed by atoms with E-state index in [9.17, 15) is 0 Å². The monoisotopic (exact) mass is 515 g/mol. The lowest BCUT2D eigenvalue weighted by atomic mass is 10.1. The van der Waals surface area contributed by atoms with Gasteiger partial charge in [-0.3, -0.25) is 9.67 Å². The number of guanidine groups is 1. The van der Waals surface area contributed by atoms with E-state index in [0.29, 0.717) is 12.5 Å². The number of nitrogens with zero attached hydrogens (tertiary/aromatic N) is 4. The number of halogens is 1. The number of aryl methyl sites for hydroxylation is 1. The second-order valence-electron chi connectivity index (χ2n) is 7.26. The first-order valence-electron chi connectivity index (χ1n) is 9.59. The van der Waals surface area contributed by atoms with Crippen molar-refractivity contribution in [3.8, 4) is 11.5 Å². The van der Waals surface area contributed by atoms with Crippen LogP contribution in [0.5, 0.6) is 11.5 Å². The summed E-state index contributed by atoms with van der Waals surface area (Å²) < 4.78 is 13.1. The molecule has 0 amide bonds. The number of ether oxygens (including phenoxy) is 2. The third-order valence-electron chi connectivity index (χ3n) is 4.39. The second-order valence-corrected chi connectivity index (χ2v) is 7.26. The van der Waals surface area contributed by atoms with Gasteiger partial charge in [-0.25, -0.2) is 0 Å². The normalized spacial score (nSPS) is 12.3. The number of benzene rings is 1. The Morgan fingerprint density at radius 3 is 2.59 bits per heavy atom. The Bertz CT molecular complexity index is 791. The van der Waals surface area contributed by atoms with Gasteiger partial charge >= 0.3 is 0 Å². The zero-order valence-electron chi connectivity index (χ0n) is 18.5. The fraction of sp³-hybridized carbons (Fsp3) is 0.524. The Morgan fingerprint density at radius 1 is 1.28 bits per heavy atom. The summed E-state index contributed by atoms with van der Waals surface area (Å²) in [5, 5.41) is 7.97. The standard InChI is InChI=1S/C21H33N5O2.HI/c1-15(2)20-17(14-26(6)24-20)13-25(5)21(22-4)23-12-16(3)28-19-10-8-9-18(11-19)27-7;/h8-11,14-16H,12-13H2,1-7H3,(H,22,23);1H. The van der Waals surface area contributed by atoms with Crippen molar-refractivity contribution in [2.75, 3.05) is 27.7 Å². The molecule has 1 atom stereocenters. The molecule has 162 valence electrons. The summed E-state index contributed by atoms with van der Waals surface area (Å²) in [4.78, 5) is 6.50. The molecule has 2 rings (SSSR count). The summed E-state index contributed by atoms with van der Waals surface area (Å²) in [6.45, 7) is 7.73. The predicted molar refractivity (Wildman–Crippen MR) is 129 cm³/mol. The van der Waals surface area contributed by atoms with E-state index in [1.165, 1.54) is 5.56 Å². The quantitative estimate of drug-likeness (QED) is 0.331. The van der Waals surface area contributed by atoms with E-state index >= 15 is 0 Å². The molecular formula is C21H34IN5O2. The highest BCUT2D eigenvalue weighted by molar-refractivity contribution is 14.0. The smallest absolute Gasteiger partial charge is 0.193 e. The highest BCUT2D eigenvalue weighted by atomic mass is 127. The minimum Gasteiger partial charge on any atom is -0.497 e. The van der Waals surface area contributed by atoms with Gasteiger partial charge in [0.1, 0.15) is 17.6 Å². The van der Waals surface area contributed by atoms with Gasteiger partial charge in [-0.05, 0) is 25.0 Å². The summed E-state index contributed by atoms with van der Waals surface area (Å²) in [7, 11) is 7.43. The topological polar surface area (TPSA) is 63.9 Å².